The Hall–Kier alpha value is -0.820. The highest BCUT2D eigenvalue weighted by Gasteiger charge is 2.30. The van der Waals surface area contributed by atoms with E-state index < -0.39 is 0 Å². The van der Waals surface area contributed by atoms with Crippen LogP contribution in [0.4, 0.5) is 0 Å². The van der Waals surface area contributed by atoms with Gasteiger partial charge in [0.15, 0.2) is 0 Å². The van der Waals surface area contributed by atoms with Crippen molar-refractivity contribution < 1.29 is 0 Å². The lowest BCUT2D eigenvalue weighted by Gasteiger charge is -2.34. The Kier molecular flexibility index (Phi) is 4.11. The molecule has 1 N–H and O–H groups in total. The summed E-state index contributed by atoms with van der Waals surface area (Å²) in [5, 5.41) is 3.90. The van der Waals surface area contributed by atoms with Gasteiger partial charge in [-0.3, -0.25) is 0 Å². The first kappa shape index (κ1) is 13.6. The standard InChI is InChI=1S/C17H27N/c1-13-10-11-15(12-13)18-16(17(2,3)4)14-8-6-5-7-9-14/h5-9,13,15-16,18H,10-12H2,1-4H3. The topological polar surface area (TPSA) is 12.0 Å². The van der Waals surface area contributed by atoms with Gasteiger partial charge in [0, 0.05) is 12.1 Å². The summed E-state index contributed by atoms with van der Waals surface area (Å²) in [5.74, 6) is 0.888. The normalized spacial score (nSPS) is 26.2. The van der Waals surface area contributed by atoms with E-state index in [4.69, 9.17) is 0 Å². The fourth-order valence-electron chi connectivity index (χ4n) is 3.09. The van der Waals surface area contributed by atoms with E-state index >= 15 is 0 Å². The summed E-state index contributed by atoms with van der Waals surface area (Å²) < 4.78 is 0. The van der Waals surface area contributed by atoms with Crippen molar-refractivity contribution in [1.82, 2.24) is 5.32 Å². The van der Waals surface area contributed by atoms with Crippen LogP contribution in [0.5, 0.6) is 0 Å². The number of rotatable bonds is 3. The molecule has 3 atom stereocenters. The molecule has 1 saturated carbocycles. The van der Waals surface area contributed by atoms with Crippen molar-refractivity contribution in [2.75, 3.05) is 0 Å². The number of nitrogens with one attached hydrogen (secondary N) is 1. The first-order valence-corrected chi connectivity index (χ1v) is 7.28. The van der Waals surface area contributed by atoms with E-state index in [0.717, 1.165) is 5.92 Å². The second-order valence-electron chi connectivity index (χ2n) is 6.99. The van der Waals surface area contributed by atoms with Gasteiger partial charge in [0.05, 0.1) is 0 Å². The molecule has 1 heteroatoms. The molecule has 3 unspecified atom stereocenters. The second kappa shape index (κ2) is 5.44. The van der Waals surface area contributed by atoms with Crippen molar-refractivity contribution in [2.45, 2.75) is 59.0 Å². The molecule has 100 valence electrons. The Balaban J connectivity index is 2.12. The quantitative estimate of drug-likeness (QED) is 0.823. The Morgan fingerprint density at radius 3 is 2.28 bits per heavy atom. The fraction of sp³-hybridized carbons (Fsp3) is 0.647. The van der Waals surface area contributed by atoms with E-state index in [9.17, 15) is 0 Å². The average Bonchev–Trinajstić information content (AvgIpc) is 2.72. The van der Waals surface area contributed by atoms with E-state index in [2.05, 4.69) is 63.3 Å². The summed E-state index contributed by atoms with van der Waals surface area (Å²) >= 11 is 0. The summed E-state index contributed by atoms with van der Waals surface area (Å²) in [6.07, 6.45) is 4.04. The molecule has 1 aromatic rings. The molecule has 0 saturated heterocycles. The minimum absolute atomic E-state index is 0.257. The third-order valence-corrected chi connectivity index (χ3v) is 4.10. The SMILES string of the molecule is CC1CCC(NC(c2ccccc2)C(C)(C)C)C1. The molecule has 0 spiro atoms. The maximum Gasteiger partial charge on any atom is 0.0371 e. The van der Waals surface area contributed by atoms with Crippen LogP contribution in [0.25, 0.3) is 0 Å². The van der Waals surface area contributed by atoms with Gasteiger partial charge in [-0.05, 0) is 36.2 Å². The highest BCUT2D eigenvalue weighted by atomic mass is 15.0. The molecule has 1 aliphatic carbocycles. The van der Waals surface area contributed by atoms with Crippen LogP contribution in [0.3, 0.4) is 0 Å². The molecular formula is C17H27N. The molecule has 0 amide bonds. The molecule has 0 bridgehead atoms. The highest BCUT2D eigenvalue weighted by Crippen LogP contribution is 2.35. The number of benzene rings is 1. The van der Waals surface area contributed by atoms with E-state index in [-0.39, 0.29) is 5.41 Å². The lowest BCUT2D eigenvalue weighted by molar-refractivity contribution is 0.247. The second-order valence-corrected chi connectivity index (χ2v) is 6.99. The first-order valence-electron chi connectivity index (χ1n) is 7.28. The van der Waals surface area contributed by atoms with Crippen molar-refractivity contribution in [3.05, 3.63) is 35.9 Å². The summed E-state index contributed by atoms with van der Waals surface area (Å²) in [6, 6.07) is 12.0. The van der Waals surface area contributed by atoms with Gasteiger partial charge in [-0.15, -0.1) is 0 Å². The van der Waals surface area contributed by atoms with Gasteiger partial charge in [0.2, 0.25) is 0 Å². The third-order valence-electron chi connectivity index (χ3n) is 4.10. The molecule has 2 rings (SSSR count). The van der Waals surface area contributed by atoms with Crippen molar-refractivity contribution in [1.29, 1.82) is 0 Å². The van der Waals surface area contributed by atoms with Gasteiger partial charge in [-0.1, -0.05) is 58.0 Å². The number of hydrogen-bond donors (Lipinski definition) is 1. The maximum atomic E-state index is 3.90. The summed E-state index contributed by atoms with van der Waals surface area (Å²) in [7, 11) is 0. The summed E-state index contributed by atoms with van der Waals surface area (Å²) in [4.78, 5) is 0. The first-order chi connectivity index (χ1) is 8.47. The Morgan fingerprint density at radius 1 is 1.11 bits per heavy atom. The van der Waals surface area contributed by atoms with E-state index in [0.29, 0.717) is 12.1 Å². The molecular weight excluding hydrogens is 218 g/mol. The number of hydrogen-bond acceptors (Lipinski definition) is 1. The van der Waals surface area contributed by atoms with Crippen LogP contribution >= 0.6 is 0 Å². The molecule has 0 heterocycles. The van der Waals surface area contributed by atoms with Crippen LogP contribution in [0, 0.1) is 11.3 Å². The molecule has 1 nitrogen and oxygen atoms in total. The average molecular weight is 245 g/mol. The lowest BCUT2D eigenvalue weighted by Crippen LogP contribution is -2.38. The van der Waals surface area contributed by atoms with Crippen molar-refractivity contribution in [2.24, 2.45) is 11.3 Å². The van der Waals surface area contributed by atoms with Gasteiger partial charge in [-0.25, -0.2) is 0 Å². The molecule has 0 radical (unpaired) electrons. The van der Waals surface area contributed by atoms with E-state index in [1.807, 2.05) is 0 Å². The maximum absolute atomic E-state index is 3.90. The Morgan fingerprint density at radius 2 is 1.78 bits per heavy atom. The van der Waals surface area contributed by atoms with Crippen molar-refractivity contribution in [3.8, 4) is 0 Å². The minimum Gasteiger partial charge on any atom is -0.307 e. The van der Waals surface area contributed by atoms with Crippen molar-refractivity contribution >= 4 is 0 Å². The van der Waals surface area contributed by atoms with Gasteiger partial charge in [0.25, 0.3) is 0 Å². The van der Waals surface area contributed by atoms with Crippen LogP contribution in [-0.4, -0.2) is 6.04 Å². The van der Waals surface area contributed by atoms with Gasteiger partial charge in [-0.2, -0.15) is 0 Å². The molecule has 0 aromatic heterocycles. The Bertz CT molecular complexity index is 363. The monoisotopic (exact) mass is 245 g/mol. The van der Waals surface area contributed by atoms with Gasteiger partial charge >= 0.3 is 0 Å². The van der Waals surface area contributed by atoms with E-state index in [1.54, 1.807) is 0 Å². The predicted molar refractivity (Wildman–Crippen MR) is 78.6 cm³/mol. The molecule has 1 aliphatic rings. The van der Waals surface area contributed by atoms with Crippen LogP contribution in [0.15, 0.2) is 30.3 Å². The van der Waals surface area contributed by atoms with Crippen LogP contribution < -0.4 is 5.32 Å². The largest absolute Gasteiger partial charge is 0.307 e. The summed E-state index contributed by atoms with van der Waals surface area (Å²) in [5.41, 5.74) is 1.68. The fourth-order valence-corrected chi connectivity index (χ4v) is 3.09. The van der Waals surface area contributed by atoms with Crippen LogP contribution in [0.2, 0.25) is 0 Å². The highest BCUT2D eigenvalue weighted by molar-refractivity contribution is 5.21. The van der Waals surface area contributed by atoms with E-state index in [1.165, 1.54) is 24.8 Å². The van der Waals surface area contributed by atoms with Gasteiger partial charge < -0.3 is 5.32 Å². The molecule has 0 aliphatic heterocycles. The zero-order valence-corrected chi connectivity index (χ0v) is 12.2. The van der Waals surface area contributed by atoms with Gasteiger partial charge in [0.1, 0.15) is 0 Å². The Labute approximate surface area is 112 Å². The lowest BCUT2D eigenvalue weighted by atomic mass is 9.82. The molecule has 1 fully saturated rings. The van der Waals surface area contributed by atoms with Crippen LogP contribution in [-0.2, 0) is 0 Å². The zero-order chi connectivity index (χ0) is 13.2. The molecule has 1 aromatic carbocycles. The zero-order valence-electron chi connectivity index (χ0n) is 12.2. The minimum atomic E-state index is 0.257. The smallest absolute Gasteiger partial charge is 0.0371 e. The molecule has 18 heavy (non-hydrogen) atoms. The van der Waals surface area contributed by atoms with Crippen LogP contribution in [0.1, 0.15) is 58.6 Å². The van der Waals surface area contributed by atoms with Crippen molar-refractivity contribution in [3.63, 3.8) is 0 Å². The summed E-state index contributed by atoms with van der Waals surface area (Å²) in [6.45, 7) is 9.36. The third kappa shape index (κ3) is 3.35. The predicted octanol–water partition coefficient (Wildman–Crippen LogP) is 4.55.